The number of hydrogen-bond acceptors (Lipinski definition) is 4. The molecule has 0 aliphatic heterocycles. The van der Waals surface area contributed by atoms with E-state index in [-0.39, 0.29) is 18.1 Å². The highest BCUT2D eigenvalue weighted by Crippen LogP contribution is 2.12. The summed E-state index contributed by atoms with van der Waals surface area (Å²) < 4.78 is 4.46. The molecule has 0 amide bonds. The van der Waals surface area contributed by atoms with Crippen molar-refractivity contribution in [3.05, 3.63) is 39.9 Å². The van der Waals surface area contributed by atoms with Crippen molar-refractivity contribution in [3.63, 3.8) is 0 Å². The summed E-state index contributed by atoms with van der Waals surface area (Å²) >= 11 is 0. The fraction of sp³-hybridized carbons (Fsp3) is 0.125. The molecule has 0 aliphatic carbocycles. The van der Waals surface area contributed by atoms with Crippen LogP contribution >= 0.6 is 0 Å². The van der Waals surface area contributed by atoms with Gasteiger partial charge in [-0.3, -0.25) is 14.9 Å². The molecular weight excluding hydrogens is 185 g/mol. The van der Waals surface area contributed by atoms with Crippen LogP contribution < -0.4 is 0 Å². The Bertz CT molecular complexity index is 349. The van der Waals surface area contributed by atoms with Gasteiger partial charge in [0, 0.05) is 12.1 Å². The van der Waals surface area contributed by atoms with Crippen LogP contribution in [0.2, 0.25) is 0 Å². The van der Waals surface area contributed by atoms with Crippen LogP contribution in [0.1, 0.15) is 5.56 Å². The van der Waals surface area contributed by atoms with Crippen molar-refractivity contribution in [3.8, 4) is 0 Å². The summed E-state index contributed by atoms with van der Waals surface area (Å²) in [5.74, 6) is -0.362. The fourth-order valence-corrected chi connectivity index (χ4v) is 0.974. The van der Waals surface area contributed by atoms with Crippen LogP contribution in [0, 0.1) is 10.1 Å². The van der Waals surface area contributed by atoms with Gasteiger partial charge in [0.2, 0.25) is 0 Å². The minimum absolute atomic E-state index is 0.0126. The predicted octanol–water partition coefficient (Wildman–Crippen LogP) is 0.229. The van der Waals surface area contributed by atoms with Crippen molar-refractivity contribution in [2.45, 2.75) is 6.42 Å². The molecule has 5 nitrogen and oxygen atoms in total. The second-order valence-electron chi connectivity index (χ2n) is 2.68. The second-order valence-corrected chi connectivity index (χ2v) is 2.68. The summed E-state index contributed by atoms with van der Waals surface area (Å²) in [5, 5.41) is 10.3. The van der Waals surface area contributed by atoms with E-state index in [9.17, 15) is 14.9 Å². The SMILES string of the molecule is BOC(=O)Cc1ccc([N+](=O)[O-])cc1. The maximum Gasteiger partial charge on any atom is 0.325 e. The number of hydrogen-bond donors (Lipinski definition) is 0. The number of non-ortho nitro benzene ring substituents is 1. The molecule has 1 rings (SSSR count). The second kappa shape index (κ2) is 4.41. The summed E-state index contributed by atoms with van der Waals surface area (Å²) in [7, 11) is 1.30. The lowest BCUT2D eigenvalue weighted by Gasteiger charge is -1.99. The first-order chi connectivity index (χ1) is 6.63. The standard InChI is InChI=1S/C8H8BNO4/c9-14-8(11)5-6-1-3-7(4-2-6)10(12)13/h1-4H,5,9H2. The van der Waals surface area contributed by atoms with E-state index in [1.165, 1.54) is 32.3 Å². The topological polar surface area (TPSA) is 69.4 Å². The van der Waals surface area contributed by atoms with E-state index in [1.807, 2.05) is 0 Å². The van der Waals surface area contributed by atoms with E-state index in [4.69, 9.17) is 0 Å². The Balaban J connectivity index is 2.73. The zero-order valence-corrected chi connectivity index (χ0v) is 7.60. The molecule has 0 radical (unpaired) electrons. The van der Waals surface area contributed by atoms with E-state index in [1.54, 1.807) is 0 Å². The van der Waals surface area contributed by atoms with Gasteiger partial charge in [0.25, 0.3) is 11.7 Å². The number of benzene rings is 1. The van der Waals surface area contributed by atoms with Gasteiger partial charge in [-0.05, 0) is 5.56 Å². The van der Waals surface area contributed by atoms with Gasteiger partial charge in [0.1, 0.15) is 0 Å². The Morgan fingerprint density at radius 3 is 2.43 bits per heavy atom. The molecule has 0 bridgehead atoms. The summed E-state index contributed by atoms with van der Waals surface area (Å²) in [6.45, 7) is 0. The maximum absolute atomic E-state index is 10.8. The number of rotatable bonds is 3. The Kier molecular flexibility index (Phi) is 3.22. The molecule has 0 spiro atoms. The van der Waals surface area contributed by atoms with Gasteiger partial charge in [0.15, 0.2) is 0 Å². The zero-order chi connectivity index (χ0) is 10.6. The highest BCUT2D eigenvalue weighted by molar-refractivity contribution is 6.05. The van der Waals surface area contributed by atoms with Gasteiger partial charge in [-0.1, -0.05) is 12.1 Å². The van der Waals surface area contributed by atoms with E-state index < -0.39 is 4.92 Å². The maximum atomic E-state index is 10.8. The van der Waals surface area contributed by atoms with Gasteiger partial charge in [-0.25, -0.2) is 0 Å². The highest BCUT2D eigenvalue weighted by Gasteiger charge is 2.06. The largest absolute Gasteiger partial charge is 0.543 e. The fourth-order valence-electron chi connectivity index (χ4n) is 0.974. The monoisotopic (exact) mass is 193 g/mol. The van der Waals surface area contributed by atoms with Crippen molar-refractivity contribution in [2.75, 3.05) is 0 Å². The molecule has 0 aliphatic rings. The quantitative estimate of drug-likeness (QED) is 0.391. The first-order valence-electron chi connectivity index (χ1n) is 3.93. The molecule has 0 N–H and O–H groups in total. The average molecular weight is 193 g/mol. The highest BCUT2D eigenvalue weighted by atomic mass is 16.6. The smallest absolute Gasteiger partial charge is 0.325 e. The summed E-state index contributed by atoms with van der Waals surface area (Å²) in [6, 6.07) is 5.79. The van der Waals surface area contributed by atoms with E-state index in [2.05, 4.69) is 4.65 Å². The van der Waals surface area contributed by atoms with E-state index in [0.29, 0.717) is 5.56 Å². The van der Waals surface area contributed by atoms with Gasteiger partial charge in [-0.2, -0.15) is 0 Å². The predicted molar refractivity (Wildman–Crippen MR) is 51.4 cm³/mol. The summed E-state index contributed by atoms with van der Waals surface area (Å²) in [4.78, 5) is 20.7. The number of nitro benzene ring substituents is 1. The van der Waals surface area contributed by atoms with Crippen LogP contribution in [0.4, 0.5) is 5.69 Å². The van der Waals surface area contributed by atoms with Crippen LogP contribution in [-0.2, 0) is 15.9 Å². The minimum Gasteiger partial charge on any atom is -0.543 e. The molecule has 1 aromatic carbocycles. The first kappa shape index (κ1) is 10.2. The minimum atomic E-state index is -0.484. The normalized spacial score (nSPS) is 9.43. The zero-order valence-electron chi connectivity index (χ0n) is 7.60. The molecule has 14 heavy (non-hydrogen) atoms. The summed E-state index contributed by atoms with van der Waals surface area (Å²) in [6.07, 6.45) is 0.133. The Hall–Kier alpha value is -1.85. The third-order valence-electron chi connectivity index (χ3n) is 1.72. The van der Waals surface area contributed by atoms with E-state index >= 15 is 0 Å². The van der Waals surface area contributed by atoms with E-state index in [0.717, 1.165) is 0 Å². The Morgan fingerprint density at radius 2 is 2.00 bits per heavy atom. The van der Waals surface area contributed by atoms with Crippen molar-refractivity contribution in [1.82, 2.24) is 0 Å². The molecule has 0 unspecified atom stereocenters. The van der Waals surface area contributed by atoms with Gasteiger partial charge in [-0.15, -0.1) is 0 Å². The number of nitrogens with zero attached hydrogens (tertiary/aromatic N) is 1. The van der Waals surface area contributed by atoms with Crippen molar-refractivity contribution >= 4 is 19.7 Å². The number of carbonyl (C=O) groups excluding carboxylic acids is 1. The molecule has 0 aromatic heterocycles. The summed E-state index contributed by atoms with van der Waals surface area (Å²) in [5.41, 5.74) is 0.709. The van der Waals surface area contributed by atoms with Crippen molar-refractivity contribution in [2.24, 2.45) is 0 Å². The molecule has 0 saturated heterocycles. The van der Waals surface area contributed by atoms with Crippen LogP contribution in [0.5, 0.6) is 0 Å². The molecule has 0 heterocycles. The van der Waals surface area contributed by atoms with Gasteiger partial charge >= 0.3 is 8.05 Å². The molecule has 6 heteroatoms. The lowest BCUT2D eigenvalue weighted by Crippen LogP contribution is -2.05. The average Bonchev–Trinajstić information content (AvgIpc) is 2.18. The number of carbonyl (C=O) groups is 1. The first-order valence-corrected chi connectivity index (χ1v) is 3.93. The number of nitro groups is 1. The van der Waals surface area contributed by atoms with Crippen molar-refractivity contribution in [1.29, 1.82) is 0 Å². The van der Waals surface area contributed by atoms with Gasteiger partial charge in [0.05, 0.1) is 11.3 Å². The van der Waals surface area contributed by atoms with Crippen molar-refractivity contribution < 1.29 is 14.4 Å². The molecule has 0 saturated carbocycles. The van der Waals surface area contributed by atoms with Crippen LogP contribution in [0.15, 0.2) is 24.3 Å². The lowest BCUT2D eigenvalue weighted by molar-refractivity contribution is -0.384. The van der Waals surface area contributed by atoms with Crippen LogP contribution in [0.3, 0.4) is 0 Å². The molecule has 1 aromatic rings. The Labute approximate surface area is 81.3 Å². The van der Waals surface area contributed by atoms with Gasteiger partial charge < -0.3 is 4.65 Å². The van der Waals surface area contributed by atoms with Crippen LogP contribution in [-0.4, -0.2) is 18.9 Å². The lowest BCUT2D eigenvalue weighted by atomic mass is 10.1. The third-order valence-corrected chi connectivity index (χ3v) is 1.72. The molecule has 0 fully saturated rings. The molecule has 72 valence electrons. The Morgan fingerprint density at radius 1 is 1.43 bits per heavy atom. The third kappa shape index (κ3) is 2.58. The molecule has 0 atom stereocenters. The molecular formula is C8H8BNO4. The van der Waals surface area contributed by atoms with Crippen LogP contribution in [0.25, 0.3) is 0 Å².